The SMILES string of the molecule is Cc1ccc(CN=C(NCCc2ccco2)NCC2CCOC2)cc1F. The maximum Gasteiger partial charge on any atom is 0.191 e. The lowest BCUT2D eigenvalue weighted by atomic mass is 10.1. The number of furan rings is 1. The van der Waals surface area contributed by atoms with Crippen molar-refractivity contribution in [3.8, 4) is 0 Å². The molecule has 26 heavy (non-hydrogen) atoms. The Labute approximate surface area is 153 Å². The van der Waals surface area contributed by atoms with Gasteiger partial charge < -0.3 is 19.8 Å². The topological polar surface area (TPSA) is 58.8 Å². The van der Waals surface area contributed by atoms with Crippen LogP contribution in [-0.2, 0) is 17.7 Å². The first kappa shape index (κ1) is 18.5. The van der Waals surface area contributed by atoms with Gasteiger partial charge in [-0.15, -0.1) is 0 Å². The Morgan fingerprint density at radius 2 is 2.23 bits per heavy atom. The predicted molar refractivity (Wildman–Crippen MR) is 99.6 cm³/mol. The predicted octanol–water partition coefficient (Wildman–Crippen LogP) is 3.04. The first-order valence-corrected chi connectivity index (χ1v) is 9.08. The maximum atomic E-state index is 13.7. The van der Waals surface area contributed by atoms with Gasteiger partial charge in [0.1, 0.15) is 11.6 Å². The van der Waals surface area contributed by atoms with Crippen molar-refractivity contribution in [2.24, 2.45) is 10.9 Å². The Hall–Kier alpha value is -2.34. The number of nitrogens with one attached hydrogen (secondary N) is 2. The van der Waals surface area contributed by atoms with Crippen LogP contribution in [0.25, 0.3) is 0 Å². The molecule has 140 valence electrons. The molecule has 0 saturated carbocycles. The normalized spacial score (nSPS) is 17.5. The number of guanidine groups is 1. The number of aryl methyl sites for hydroxylation is 1. The summed E-state index contributed by atoms with van der Waals surface area (Å²) in [4.78, 5) is 4.60. The largest absolute Gasteiger partial charge is 0.469 e. The van der Waals surface area contributed by atoms with Gasteiger partial charge in [-0.25, -0.2) is 9.38 Å². The van der Waals surface area contributed by atoms with E-state index in [0.717, 1.165) is 49.9 Å². The summed E-state index contributed by atoms with van der Waals surface area (Å²) in [7, 11) is 0. The molecule has 2 heterocycles. The van der Waals surface area contributed by atoms with E-state index < -0.39 is 0 Å². The lowest BCUT2D eigenvalue weighted by Crippen LogP contribution is -2.40. The maximum absolute atomic E-state index is 13.7. The molecule has 1 fully saturated rings. The molecule has 0 bridgehead atoms. The minimum absolute atomic E-state index is 0.193. The molecule has 1 saturated heterocycles. The Kier molecular flexibility index (Phi) is 6.66. The van der Waals surface area contributed by atoms with E-state index in [1.165, 1.54) is 0 Å². The fraction of sp³-hybridized carbons (Fsp3) is 0.450. The molecule has 5 nitrogen and oxygen atoms in total. The van der Waals surface area contributed by atoms with Gasteiger partial charge in [-0.05, 0) is 42.7 Å². The van der Waals surface area contributed by atoms with E-state index in [1.54, 1.807) is 25.3 Å². The van der Waals surface area contributed by atoms with Crippen molar-refractivity contribution in [1.29, 1.82) is 0 Å². The van der Waals surface area contributed by atoms with Gasteiger partial charge in [0.05, 0.1) is 19.4 Å². The zero-order chi connectivity index (χ0) is 18.2. The van der Waals surface area contributed by atoms with Crippen molar-refractivity contribution >= 4 is 5.96 Å². The third kappa shape index (κ3) is 5.59. The zero-order valence-electron chi connectivity index (χ0n) is 15.1. The number of rotatable bonds is 7. The van der Waals surface area contributed by atoms with E-state index in [0.29, 0.717) is 24.6 Å². The highest BCUT2D eigenvalue weighted by Gasteiger charge is 2.15. The molecule has 3 rings (SSSR count). The van der Waals surface area contributed by atoms with Gasteiger partial charge in [0.2, 0.25) is 0 Å². The van der Waals surface area contributed by atoms with Crippen molar-refractivity contribution < 1.29 is 13.5 Å². The van der Waals surface area contributed by atoms with Crippen molar-refractivity contribution in [2.75, 3.05) is 26.3 Å². The number of halogens is 1. The summed E-state index contributed by atoms with van der Waals surface area (Å²) in [5.41, 5.74) is 1.50. The van der Waals surface area contributed by atoms with Crippen LogP contribution in [0.1, 0.15) is 23.3 Å². The fourth-order valence-corrected chi connectivity index (χ4v) is 2.82. The van der Waals surface area contributed by atoms with Gasteiger partial charge in [-0.3, -0.25) is 0 Å². The van der Waals surface area contributed by atoms with Crippen LogP contribution in [-0.4, -0.2) is 32.3 Å². The van der Waals surface area contributed by atoms with E-state index in [9.17, 15) is 4.39 Å². The monoisotopic (exact) mass is 359 g/mol. The third-order valence-corrected chi connectivity index (χ3v) is 4.48. The average molecular weight is 359 g/mol. The molecule has 2 aromatic rings. The molecule has 1 aromatic carbocycles. The van der Waals surface area contributed by atoms with Crippen LogP contribution in [0, 0.1) is 18.7 Å². The number of hydrogen-bond acceptors (Lipinski definition) is 3. The highest BCUT2D eigenvalue weighted by atomic mass is 19.1. The number of nitrogens with zero attached hydrogens (tertiary/aromatic N) is 1. The molecule has 0 aliphatic carbocycles. The van der Waals surface area contributed by atoms with Crippen LogP contribution in [0.5, 0.6) is 0 Å². The van der Waals surface area contributed by atoms with E-state index in [2.05, 4.69) is 15.6 Å². The van der Waals surface area contributed by atoms with Gasteiger partial charge in [-0.1, -0.05) is 12.1 Å². The highest BCUT2D eigenvalue weighted by Crippen LogP contribution is 2.11. The second-order valence-electron chi connectivity index (χ2n) is 6.62. The molecular formula is C20H26FN3O2. The Balaban J connectivity index is 1.56. The minimum atomic E-state index is -0.193. The van der Waals surface area contributed by atoms with Crippen LogP contribution in [0.15, 0.2) is 46.0 Å². The number of aliphatic imine (C=N–C) groups is 1. The molecule has 0 amide bonds. The quantitative estimate of drug-likeness (QED) is 0.589. The van der Waals surface area contributed by atoms with Crippen molar-refractivity contribution in [3.63, 3.8) is 0 Å². The van der Waals surface area contributed by atoms with Gasteiger partial charge in [0.15, 0.2) is 5.96 Å². The summed E-state index contributed by atoms with van der Waals surface area (Å²) in [5, 5.41) is 6.70. The van der Waals surface area contributed by atoms with Crippen LogP contribution in [0.3, 0.4) is 0 Å². The van der Waals surface area contributed by atoms with Gasteiger partial charge >= 0.3 is 0 Å². The zero-order valence-corrected chi connectivity index (χ0v) is 15.1. The number of ether oxygens (including phenoxy) is 1. The van der Waals surface area contributed by atoms with Crippen LogP contribution in [0.2, 0.25) is 0 Å². The van der Waals surface area contributed by atoms with Crippen LogP contribution in [0.4, 0.5) is 4.39 Å². The van der Waals surface area contributed by atoms with Crippen molar-refractivity contribution in [1.82, 2.24) is 10.6 Å². The summed E-state index contributed by atoms with van der Waals surface area (Å²) in [6.45, 7) is 5.32. The number of hydrogen-bond donors (Lipinski definition) is 2. The van der Waals surface area contributed by atoms with Crippen molar-refractivity contribution in [2.45, 2.75) is 26.3 Å². The van der Waals surface area contributed by atoms with Crippen LogP contribution < -0.4 is 10.6 Å². The number of benzene rings is 1. The first-order valence-electron chi connectivity index (χ1n) is 9.08. The molecule has 1 atom stereocenters. The first-order chi connectivity index (χ1) is 12.7. The molecule has 0 spiro atoms. The van der Waals surface area contributed by atoms with Crippen molar-refractivity contribution in [3.05, 3.63) is 59.3 Å². The summed E-state index contributed by atoms with van der Waals surface area (Å²) in [6.07, 6.45) is 3.52. The summed E-state index contributed by atoms with van der Waals surface area (Å²) >= 11 is 0. The summed E-state index contributed by atoms with van der Waals surface area (Å²) < 4.78 is 24.5. The van der Waals surface area contributed by atoms with Gasteiger partial charge in [0, 0.05) is 32.0 Å². The molecular weight excluding hydrogens is 333 g/mol. The standard InChI is InChI=1S/C20H26FN3O2/c1-15-4-5-16(11-19(15)21)12-23-20(24-13-17-7-10-25-14-17)22-8-6-18-3-2-9-26-18/h2-5,9,11,17H,6-8,10,12-14H2,1H3,(H2,22,23,24). The van der Waals surface area contributed by atoms with E-state index in [-0.39, 0.29) is 5.82 Å². The van der Waals surface area contributed by atoms with Gasteiger partial charge in [0.25, 0.3) is 0 Å². The van der Waals surface area contributed by atoms with E-state index >= 15 is 0 Å². The average Bonchev–Trinajstić information content (AvgIpc) is 3.33. The Morgan fingerprint density at radius 1 is 1.31 bits per heavy atom. The lowest BCUT2D eigenvalue weighted by molar-refractivity contribution is 0.186. The second kappa shape index (κ2) is 9.38. The lowest BCUT2D eigenvalue weighted by Gasteiger charge is -2.15. The summed E-state index contributed by atoms with van der Waals surface area (Å²) in [6, 6.07) is 9.08. The van der Waals surface area contributed by atoms with E-state index in [4.69, 9.17) is 9.15 Å². The summed E-state index contributed by atoms with van der Waals surface area (Å²) in [5.74, 6) is 1.97. The fourth-order valence-electron chi connectivity index (χ4n) is 2.82. The second-order valence-corrected chi connectivity index (χ2v) is 6.62. The Morgan fingerprint density at radius 3 is 2.96 bits per heavy atom. The molecule has 2 N–H and O–H groups in total. The Bertz CT molecular complexity index is 710. The van der Waals surface area contributed by atoms with Crippen LogP contribution >= 0.6 is 0 Å². The molecule has 1 aliphatic rings. The molecule has 1 unspecified atom stereocenters. The third-order valence-electron chi connectivity index (χ3n) is 4.48. The molecule has 1 aliphatic heterocycles. The highest BCUT2D eigenvalue weighted by molar-refractivity contribution is 5.79. The minimum Gasteiger partial charge on any atom is -0.469 e. The molecule has 1 aromatic heterocycles. The van der Waals surface area contributed by atoms with Gasteiger partial charge in [-0.2, -0.15) is 0 Å². The molecule has 6 heteroatoms. The smallest absolute Gasteiger partial charge is 0.191 e. The van der Waals surface area contributed by atoms with E-state index in [1.807, 2.05) is 18.2 Å². The molecule has 0 radical (unpaired) electrons.